The van der Waals surface area contributed by atoms with Crippen LogP contribution < -0.4 is 5.32 Å². The van der Waals surface area contributed by atoms with Crippen molar-refractivity contribution in [3.8, 4) is 0 Å². The largest absolute Gasteiger partial charge is 0.481 e. The Labute approximate surface area is 99.4 Å². The maximum atomic E-state index is 11.8. The van der Waals surface area contributed by atoms with Gasteiger partial charge in [0, 0.05) is 33.1 Å². The number of piperazine rings is 1. The first-order valence-corrected chi connectivity index (χ1v) is 5.49. The average molecular weight is 243 g/mol. The molecule has 96 valence electrons. The number of amides is 3. The van der Waals surface area contributed by atoms with Crippen LogP contribution in [0.5, 0.6) is 0 Å². The summed E-state index contributed by atoms with van der Waals surface area (Å²) in [5.74, 6) is -1.04. The van der Waals surface area contributed by atoms with Crippen molar-refractivity contribution in [2.75, 3.05) is 33.2 Å². The average Bonchev–Trinajstić information content (AvgIpc) is 2.27. The van der Waals surface area contributed by atoms with Crippen molar-refractivity contribution in [2.45, 2.75) is 12.8 Å². The third-order valence-electron chi connectivity index (χ3n) is 2.52. The van der Waals surface area contributed by atoms with Crippen LogP contribution in [0.2, 0.25) is 0 Å². The van der Waals surface area contributed by atoms with E-state index in [0.29, 0.717) is 26.1 Å². The Kier molecular flexibility index (Phi) is 4.74. The highest BCUT2D eigenvalue weighted by molar-refractivity contribution is 5.85. The highest BCUT2D eigenvalue weighted by Gasteiger charge is 2.23. The molecule has 0 aromatic carbocycles. The summed E-state index contributed by atoms with van der Waals surface area (Å²) in [6.07, 6.45) is 0.454. The van der Waals surface area contributed by atoms with E-state index in [1.807, 2.05) is 0 Å². The van der Waals surface area contributed by atoms with Crippen LogP contribution in [0.4, 0.5) is 4.79 Å². The molecule has 0 saturated carbocycles. The minimum atomic E-state index is -0.872. The summed E-state index contributed by atoms with van der Waals surface area (Å²) in [5, 5.41) is 11.1. The van der Waals surface area contributed by atoms with Gasteiger partial charge in [-0.15, -0.1) is 0 Å². The van der Waals surface area contributed by atoms with Crippen molar-refractivity contribution in [3.63, 3.8) is 0 Å². The third-order valence-corrected chi connectivity index (χ3v) is 2.52. The molecule has 0 bridgehead atoms. The summed E-state index contributed by atoms with van der Waals surface area (Å²) >= 11 is 0. The Hall–Kier alpha value is -1.79. The van der Waals surface area contributed by atoms with Crippen molar-refractivity contribution in [3.05, 3.63) is 0 Å². The Morgan fingerprint density at radius 2 is 2.24 bits per heavy atom. The zero-order valence-electron chi connectivity index (χ0n) is 9.81. The van der Waals surface area contributed by atoms with Crippen LogP contribution in [0.1, 0.15) is 12.8 Å². The van der Waals surface area contributed by atoms with Crippen molar-refractivity contribution >= 4 is 17.9 Å². The molecular formula is C10H17N3O4. The van der Waals surface area contributed by atoms with E-state index in [2.05, 4.69) is 5.32 Å². The zero-order chi connectivity index (χ0) is 12.8. The number of urea groups is 1. The molecule has 1 aliphatic rings. The number of nitrogens with one attached hydrogen (secondary N) is 1. The zero-order valence-corrected chi connectivity index (χ0v) is 9.81. The fourth-order valence-corrected chi connectivity index (χ4v) is 1.61. The van der Waals surface area contributed by atoms with Crippen LogP contribution in [-0.2, 0) is 9.59 Å². The Morgan fingerprint density at radius 3 is 2.82 bits per heavy atom. The van der Waals surface area contributed by atoms with Gasteiger partial charge in [0.05, 0.1) is 0 Å². The van der Waals surface area contributed by atoms with E-state index >= 15 is 0 Å². The lowest BCUT2D eigenvalue weighted by Gasteiger charge is -2.30. The monoisotopic (exact) mass is 243 g/mol. The van der Waals surface area contributed by atoms with Gasteiger partial charge in [0.25, 0.3) is 0 Å². The SMILES string of the molecule is CN(CCCC(=O)O)C(=O)N1CCNC(=O)C1. The predicted molar refractivity (Wildman–Crippen MR) is 59.5 cm³/mol. The lowest BCUT2D eigenvalue weighted by atomic mass is 10.3. The molecule has 0 radical (unpaired) electrons. The molecule has 1 rings (SSSR count). The van der Waals surface area contributed by atoms with Crippen LogP contribution >= 0.6 is 0 Å². The summed E-state index contributed by atoms with van der Waals surface area (Å²) in [6, 6.07) is -0.231. The van der Waals surface area contributed by atoms with Gasteiger partial charge in [-0.1, -0.05) is 0 Å². The van der Waals surface area contributed by atoms with Crippen LogP contribution in [0.3, 0.4) is 0 Å². The van der Waals surface area contributed by atoms with Gasteiger partial charge in [-0.3, -0.25) is 9.59 Å². The summed E-state index contributed by atoms with van der Waals surface area (Å²) in [7, 11) is 1.61. The second kappa shape index (κ2) is 6.07. The van der Waals surface area contributed by atoms with Gasteiger partial charge >= 0.3 is 12.0 Å². The molecule has 0 atom stereocenters. The first kappa shape index (κ1) is 13.3. The van der Waals surface area contributed by atoms with E-state index in [1.54, 1.807) is 7.05 Å². The number of carbonyl (C=O) groups is 3. The quantitative estimate of drug-likeness (QED) is 0.685. The lowest BCUT2D eigenvalue weighted by Crippen LogP contribution is -2.53. The summed E-state index contributed by atoms with van der Waals surface area (Å²) in [6.45, 7) is 1.41. The number of hydrogen-bond donors (Lipinski definition) is 2. The molecule has 0 unspecified atom stereocenters. The number of hydrogen-bond acceptors (Lipinski definition) is 3. The molecule has 1 saturated heterocycles. The second-order valence-electron chi connectivity index (χ2n) is 3.97. The fourth-order valence-electron chi connectivity index (χ4n) is 1.61. The normalized spacial score (nSPS) is 15.4. The Balaban J connectivity index is 2.35. The number of aliphatic carboxylic acids is 1. The van der Waals surface area contributed by atoms with E-state index in [-0.39, 0.29) is 24.9 Å². The molecule has 1 aliphatic heterocycles. The molecule has 1 fully saturated rings. The molecule has 0 aliphatic carbocycles. The number of nitrogens with zero attached hydrogens (tertiary/aromatic N) is 2. The Bertz CT molecular complexity index is 319. The van der Waals surface area contributed by atoms with Crippen molar-refractivity contribution in [1.29, 1.82) is 0 Å². The summed E-state index contributed by atoms with van der Waals surface area (Å²) < 4.78 is 0. The van der Waals surface area contributed by atoms with Gasteiger partial charge in [0.2, 0.25) is 5.91 Å². The molecule has 7 heteroatoms. The van der Waals surface area contributed by atoms with E-state index in [9.17, 15) is 14.4 Å². The molecule has 3 amide bonds. The number of carboxylic acid groups (broad SMARTS) is 1. The molecule has 7 nitrogen and oxygen atoms in total. The molecule has 17 heavy (non-hydrogen) atoms. The minimum Gasteiger partial charge on any atom is -0.481 e. The summed E-state index contributed by atoms with van der Waals surface area (Å²) in [4.78, 5) is 36.2. The topological polar surface area (TPSA) is 90.0 Å². The van der Waals surface area contributed by atoms with E-state index in [1.165, 1.54) is 9.80 Å². The number of carbonyl (C=O) groups excluding carboxylic acids is 2. The van der Waals surface area contributed by atoms with E-state index in [0.717, 1.165) is 0 Å². The van der Waals surface area contributed by atoms with Gasteiger partial charge in [0.1, 0.15) is 6.54 Å². The second-order valence-corrected chi connectivity index (χ2v) is 3.97. The first-order chi connectivity index (χ1) is 8.00. The van der Waals surface area contributed by atoms with Crippen LogP contribution in [0, 0.1) is 0 Å². The smallest absolute Gasteiger partial charge is 0.320 e. The highest BCUT2D eigenvalue weighted by atomic mass is 16.4. The molecule has 2 N–H and O–H groups in total. The minimum absolute atomic E-state index is 0.0398. The van der Waals surface area contributed by atoms with Crippen molar-refractivity contribution in [1.82, 2.24) is 15.1 Å². The first-order valence-electron chi connectivity index (χ1n) is 5.49. The maximum absolute atomic E-state index is 11.8. The standard InChI is InChI=1S/C10H17N3O4/c1-12(5-2-3-9(15)16)10(17)13-6-4-11-8(14)7-13/h2-7H2,1H3,(H,11,14)(H,15,16). The lowest BCUT2D eigenvalue weighted by molar-refractivity contribution is -0.137. The molecule has 1 heterocycles. The van der Waals surface area contributed by atoms with Crippen LogP contribution in [0.15, 0.2) is 0 Å². The highest BCUT2D eigenvalue weighted by Crippen LogP contribution is 2.01. The predicted octanol–water partition coefficient (Wildman–Crippen LogP) is -0.665. The van der Waals surface area contributed by atoms with Gasteiger partial charge in [-0.2, -0.15) is 0 Å². The third kappa shape index (κ3) is 4.29. The van der Waals surface area contributed by atoms with Crippen molar-refractivity contribution in [2.24, 2.45) is 0 Å². The molecule has 0 aromatic heterocycles. The van der Waals surface area contributed by atoms with Crippen molar-refractivity contribution < 1.29 is 19.5 Å². The molecule has 0 spiro atoms. The maximum Gasteiger partial charge on any atom is 0.320 e. The van der Waals surface area contributed by atoms with E-state index < -0.39 is 5.97 Å². The van der Waals surface area contributed by atoms with E-state index in [4.69, 9.17) is 5.11 Å². The van der Waals surface area contributed by atoms with Gasteiger partial charge in [-0.25, -0.2) is 4.79 Å². The van der Waals surface area contributed by atoms with Gasteiger partial charge < -0.3 is 20.2 Å². The number of carboxylic acids is 1. The number of rotatable bonds is 4. The van der Waals surface area contributed by atoms with Gasteiger partial charge in [-0.05, 0) is 6.42 Å². The fraction of sp³-hybridized carbons (Fsp3) is 0.700. The van der Waals surface area contributed by atoms with Crippen LogP contribution in [-0.4, -0.2) is 66.0 Å². The molecular weight excluding hydrogens is 226 g/mol. The Morgan fingerprint density at radius 1 is 1.53 bits per heavy atom. The van der Waals surface area contributed by atoms with Gasteiger partial charge in [0.15, 0.2) is 0 Å². The summed E-state index contributed by atoms with van der Waals surface area (Å²) in [5.41, 5.74) is 0. The molecule has 0 aromatic rings. The van der Waals surface area contributed by atoms with Crippen LogP contribution in [0.25, 0.3) is 0 Å².